The van der Waals surface area contributed by atoms with E-state index >= 15 is 0 Å². The molecule has 1 heterocycles. The van der Waals surface area contributed by atoms with E-state index in [2.05, 4.69) is 10.5 Å². The second-order valence-corrected chi connectivity index (χ2v) is 5.05. The van der Waals surface area contributed by atoms with Crippen LogP contribution in [0.15, 0.2) is 27.7 Å². The zero-order valence-corrected chi connectivity index (χ0v) is 11.6. The van der Waals surface area contributed by atoms with Gasteiger partial charge < -0.3 is 8.90 Å². The number of carbonyl (C=O) groups is 1. The van der Waals surface area contributed by atoms with Crippen LogP contribution in [-0.4, -0.2) is 49.2 Å². The Morgan fingerprint density at radius 3 is 2.75 bits per heavy atom. The van der Waals surface area contributed by atoms with Crippen molar-refractivity contribution in [1.82, 2.24) is 5.43 Å². The molecule has 0 saturated heterocycles. The van der Waals surface area contributed by atoms with Crippen molar-refractivity contribution < 1.29 is 18.6 Å². The minimum atomic E-state index is -0.615. The van der Waals surface area contributed by atoms with E-state index in [-0.39, 0.29) is 11.8 Å². The Labute approximate surface area is 116 Å². The van der Waals surface area contributed by atoms with Crippen molar-refractivity contribution in [2.45, 2.75) is 0 Å². The number of hydrogen-bond acceptors (Lipinski definition) is 5. The number of nitro groups is 1. The molecule has 0 atom stereocenters. The highest BCUT2D eigenvalue weighted by Gasteiger charge is 2.13. The number of hydrogen-bond donors (Lipinski definition) is 1. The van der Waals surface area contributed by atoms with Gasteiger partial charge in [0.25, 0.3) is 5.91 Å². The molecule has 108 valence electrons. The normalized spacial score (nSPS) is 12.2. The predicted octanol–water partition coefficient (Wildman–Crippen LogP) is 1.01. The number of allylic oxidation sites excluding steroid dienone is 1. The second-order valence-electron chi connectivity index (χ2n) is 5.05. The zero-order valence-electron chi connectivity index (χ0n) is 11.6. The quantitative estimate of drug-likeness (QED) is 0.364. The molecule has 8 heteroatoms. The summed E-state index contributed by atoms with van der Waals surface area (Å²) in [7, 11) is 5.69. The summed E-state index contributed by atoms with van der Waals surface area (Å²) in [6.07, 6.45) is 4.37. The molecule has 1 rings (SSSR count). The largest absolute Gasteiger partial charge is 0.433 e. The van der Waals surface area contributed by atoms with Gasteiger partial charge in [-0.25, -0.2) is 5.43 Å². The maximum Gasteiger partial charge on any atom is 0.433 e. The van der Waals surface area contributed by atoms with Crippen molar-refractivity contribution in [3.05, 3.63) is 34.1 Å². The zero-order chi connectivity index (χ0) is 15.2. The van der Waals surface area contributed by atoms with Crippen molar-refractivity contribution in [2.75, 3.05) is 27.7 Å². The Morgan fingerprint density at radius 2 is 2.20 bits per heavy atom. The molecule has 0 bridgehead atoms. The van der Waals surface area contributed by atoms with Crippen LogP contribution in [0.3, 0.4) is 0 Å². The Morgan fingerprint density at radius 1 is 1.50 bits per heavy atom. The summed E-state index contributed by atoms with van der Waals surface area (Å²) in [5, 5.41) is 14.1. The highest BCUT2D eigenvalue weighted by molar-refractivity contribution is 5.81. The topological polar surface area (TPSA) is 97.7 Å². The summed E-state index contributed by atoms with van der Waals surface area (Å²) < 4.78 is 5.41. The number of nitrogens with zero attached hydrogens (tertiary/aromatic N) is 3. The number of nitrogens with one attached hydrogen (secondary N) is 1. The second kappa shape index (κ2) is 6.62. The third-order valence-corrected chi connectivity index (χ3v) is 2.02. The van der Waals surface area contributed by atoms with Crippen molar-refractivity contribution in [3.8, 4) is 0 Å². The van der Waals surface area contributed by atoms with E-state index in [1.807, 2.05) is 21.1 Å². The van der Waals surface area contributed by atoms with E-state index in [1.165, 1.54) is 30.5 Å². The van der Waals surface area contributed by atoms with Gasteiger partial charge in [0.15, 0.2) is 6.54 Å². The minimum absolute atomic E-state index is 0.198. The van der Waals surface area contributed by atoms with E-state index in [4.69, 9.17) is 4.42 Å². The molecular formula is C12H17N4O4+. The van der Waals surface area contributed by atoms with E-state index in [1.54, 1.807) is 0 Å². The molecule has 0 aliphatic rings. The van der Waals surface area contributed by atoms with E-state index in [0.29, 0.717) is 16.8 Å². The lowest BCUT2D eigenvalue weighted by Crippen LogP contribution is -2.43. The highest BCUT2D eigenvalue weighted by Crippen LogP contribution is 2.16. The first kappa shape index (κ1) is 15.6. The first-order chi connectivity index (χ1) is 9.28. The first-order valence-corrected chi connectivity index (χ1v) is 5.81. The molecule has 0 fully saturated rings. The first-order valence-electron chi connectivity index (χ1n) is 5.81. The molecule has 1 N–H and O–H groups in total. The van der Waals surface area contributed by atoms with E-state index < -0.39 is 4.92 Å². The number of rotatable bonds is 6. The molecule has 1 aromatic rings. The molecule has 0 saturated carbocycles. The molecule has 0 aliphatic heterocycles. The van der Waals surface area contributed by atoms with Crippen LogP contribution < -0.4 is 5.43 Å². The Hall–Kier alpha value is -2.48. The lowest BCUT2D eigenvalue weighted by Gasteiger charge is -2.21. The molecule has 1 aromatic heterocycles. The molecule has 20 heavy (non-hydrogen) atoms. The van der Waals surface area contributed by atoms with Crippen LogP contribution in [0, 0.1) is 10.1 Å². The van der Waals surface area contributed by atoms with Crippen molar-refractivity contribution in [3.63, 3.8) is 0 Å². The molecule has 0 aromatic carbocycles. The molecule has 1 amide bonds. The SMILES string of the molecule is C[N+](C)(C)CC(=O)N/N=C/C=C/c1ccc([N+](=O)[O-])o1. The Kier molecular flexibility index (Phi) is 5.15. The molecule has 0 unspecified atom stereocenters. The lowest BCUT2D eigenvalue weighted by molar-refractivity contribution is -0.862. The summed E-state index contributed by atoms with van der Waals surface area (Å²) in [6.45, 7) is 0.311. The van der Waals surface area contributed by atoms with Crippen LogP contribution in [0.2, 0.25) is 0 Å². The number of hydrazone groups is 1. The molecule has 8 nitrogen and oxygen atoms in total. The van der Waals surface area contributed by atoms with Gasteiger partial charge in [-0.3, -0.25) is 14.9 Å². The summed E-state index contributed by atoms with van der Waals surface area (Å²) in [5.41, 5.74) is 2.37. The number of quaternary nitrogens is 1. The monoisotopic (exact) mass is 281 g/mol. The average molecular weight is 281 g/mol. The number of likely N-dealkylation sites (N-methyl/N-ethyl adjacent to an activating group) is 1. The van der Waals surface area contributed by atoms with Gasteiger partial charge in [-0.05, 0) is 18.2 Å². The van der Waals surface area contributed by atoms with Gasteiger partial charge in [0.05, 0.1) is 27.2 Å². The molecular weight excluding hydrogens is 264 g/mol. The summed E-state index contributed by atoms with van der Waals surface area (Å²) in [6, 6.07) is 2.73. The Balaban J connectivity index is 2.42. The van der Waals surface area contributed by atoms with Gasteiger partial charge in [-0.2, -0.15) is 5.10 Å². The van der Waals surface area contributed by atoms with Crippen molar-refractivity contribution in [2.24, 2.45) is 5.10 Å². The van der Waals surface area contributed by atoms with Crippen molar-refractivity contribution in [1.29, 1.82) is 0 Å². The van der Waals surface area contributed by atoms with Gasteiger partial charge in [0.2, 0.25) is 0 Å². The van der Waals surface area contributed by atoms with Crippen LogP contribution in [0.1, 0.15) is 5.76 Å². The maximum atomic E-state index is 11.4. The van der Waals surface area contributed by atoms with Crippen LogP contribution in [-0.2, 0) is 4.79 Å². The predicted molar refractivity (Wildman–Crippen MR) is 73.9 cm³/mol. The summed E-state index contributed by atoms with van der Waals surface area (Å²) in [4.78, 5) is 21.2. The molecule has 0 spiro atoms. The standard InChI is InChI=1S/C12H16N4O4/c1-16(2,3)9-11(17)14-13-8-4-5-10-6-7-12(20-10)15(18)19/h4-8H,9H2,1-3H3/p+1/b5-4+,13-8+. The van der Waals surface area contributed by atoms with E-state index in [0.717, 1.165) is 0 Å². The molecule has 0 aliphatic carbocycles. The van der Waals surface area contributed by atoms with Crippen LogP contribution in [0.5, 0.6) is 0 Å². The maximum absolute atomic E-state index is 11.4. The van der Waals surface area contributed by atoms with Crippen LogP contribution in [0.4, 0.5) is 5.88 Å². The van der Waals surface area contributed by atoms with Crippen LogP contribution in [0.25, 0.3) is 6.08 Å². The van der Waals surface area contributed by atoms with Gasteiger partial charge in [0, 0.05) is 6.21 Å². The molecule has 0 radical (unpaired) electrons. The highest BCUT2D eigenvalue weighted by atomic mass is 16.6. The number of amides is 1. The lowest BCUT2D eigenvalue weighted by atomic mass is 10.4. The average Bonchev–Trinajstić information content (AvgIpc) is 2.75. The van der Waals surface area contributed by atoms with Gasteiger partial charge >= 0.3 is 5.88 Å². The van der Waals surface area contributed by atoms with Gasteiger partial charge in [-0.15, -0.1) is 0 Å². The van der Waals surface area contributed by atoms with Gasteiger partial charge in [0.1, 0.15) is 10.7 Å². The minimum Gasteiger partial charge on any atom is -0.401 e. The number of furan rings is 1. The number of carbonyl (C=O) groups excluding carboxylic acids is 1. The summed E-state index contributed by atoms with van der Waals surface area (Å²) in [5.74, 6) is -0.186. The fourth-order valence-electron chi connectivity index (χ4n) is 1.29. The van der Waals surface area contributed by atoms with Crippen LogP contribution >= 0.6 is 0 Å². The fourth-order valence-corrected chi connectivity index (χ4v) is 1.29. The third kappa shape index (κ3) is 5.91. The fraction of sp³-hybridized carbons (Fsp3) is 0.333. The van der Waals surface area contributed by atoms with Gasteiger partial charge in [-0.1, -0.05) is 0 Å². The third-order valence-electron chi connectivity index (χ3n) is 2.02. The Bertz CT molecular complexity index is 540. The smallest absolute Gasteiger partial charge is 0.401 e. The summed E-state index contributed by atoms with van der Waals surface area (Å²) >= 11 is 0. The van der Waals surface area contributed by atoms with E-state index in [9.17, 15) is 14.9 Å². The van der Waals surface area contributed by atoms with Crippen molar-refractivity contribution >= 4 is 24.1 Å².